The molecule has 3 nitrogen and oxygen atoms in total. The second-order valence-corrected chi connectivity index (χ2v) is 3.82. The Balaban J connectivity index is 0. The fourth-order valence-electron chi connectivity index (χ4n) is 0.603. The van der Waals surface area contributed by atoms with E-state index < -0.39 is 11.7 Å². The maximum absolute atomic E-state index is 11.0. The van der Waals surface area contributed by atoms with Gasteiger partial charge in [-0.15, -0.1) is 11.6 Å². The maximum Gasteiger partial charge on any atom is 0.407 e. The molecule has 0 aromatic heterocycles. The minimum atomic E-state index is -0.444. The van der Waals surface area contributed by atoms with Gasteiger partial charge < -0.3 is 10.1 Å². The van der Waals surface area contributed by atoms with Crippen molar-refractivity contribution in [2.75, 3.05) is 12.4 Å². The van der Waals surface area contributed by atoms with Gasteiger partial charge in [0, 0.05) is 12.4 Å². The summed E-state index contributed by atoms with van der Waals surface area (Å²) >= 11 is 5.39. The Morgan fingerprint density at radius 1 is 1.43 bits per heavy atom. The molecule has 0 atom stereocenters. The van der Waals surface area contributed by atoms with Crippen LogP contribution in [-0.4, -0.2) is 24.1 Å². The number of hydrogen-bond acceptors (Lipinski definition) is 2. The van der Waals surface area contributed by atoms with Gasteiger partial charge in [0.25, 0.3) is 0 Å². The lowest BCUT2D eigenvalue weighted by atomic mass is 10.2. The molecule has 0 unspecified atom stereocenters. The van der Waals surface area contributed by atoms with Crippen LogP contribution in [-0.2, 0) is 4.74 Å². The minimum Gasteiger partial charge on any atom is -0.444 e. The van der Waals surface area contributed by atoms with Crippen molar-refractivity contribution < 1.29 is 9.53 Å². The molecule has 0 saturated carbocycles. The molecule has 0 rings (SSSR count). The molecule has 0 spiro atoms. The Morgan fingerprint density at radius 3 is 2.43 bits per heavy atom. The highest BCUT2D eigenvalue weighted by molar-refractivity contribution is 6.18. The summed E-state index contributed by atoms with van der Waals surface area (Å²) < 4.78 is 5.00. The third-order valence-corrected chi connectivity index (χ3v) is 1.20. The largest absolute Gasteiger partial charge is 0.444 e. The fourth-order valence-corrected chi connectivity index (χ4v) is 0.729. The van der Waals surface area contributed by atoms with Crippen LogP contribution in [0, 0.1) is 0 Å². The molecule has 0 radical (unpaired) electrons. The highest BCUT2D eigenvalue weighted by Gasteiger charge is 2.14. The van der Waals surface area contributed by atoms with Gasteiger partial charge >= 0.3 is 6.09 Å². The SMILES string of the molecule is C.CC(C)(C)OC(=O)NC/C=C\CCl. The van der Waals surface area contributed by atoms with E-state index in [-0.39, 0.29) is 7.43 Å². The number of hydrogen-bond donors (Lipinski definition) is 1. The summed E-state index contributed by atoms with van der Waals surface area (Å²) in [6, 6.07) is 0. The molecule has 0 aliphatic carbocycles. The molecule has 84 valence electrons. The van der Waals surface area contributed by atoms with Crippen LogP contribution in [0.15, 0.2) is 12.2 Å². The summed E-state index contributed by atoms with van der Waals surface area (Å²) in [6.45, 7) is 5.91. The molecular formula is C10H20ClNO2. The summed E-state index contributed by atoms with van der Waals surface area (Å²) in [6.07, 6.45) is 3.13. The van der Waals surface area contributed by atoms with E-state index in [1.54, 1.807) is 12.2 Å². The van der Waals surface area contributed by atoms with Crippen molar-refractivity contribution in [1.29, 1.82) is 0 Å². The second kappa shape index (κ2) is 7.68. The monoisotopic (exact) mass is 221 g/mol. The number of alkyl halides is 1. The highest BCUT2D eigenvalue weighted by atomic mass is 35.5. The number of carbonyl (C=O) groups is 1. The summed E-state index contributed by atoms with van der Waals surface area (Å²) in [5.74, 6) is 0.454. The van der Waals surface area contributed by atoms with Crippen molar-refractivity contribution >= 4 is 17.7 Å². The number of allylic oxidation sites excluding steroid dienone is 1. The van der Waals surface area contributed by atoms with Gasteiger partial charge in [0.2, 0.25) is 0 Å². The predicted octanol–water partition coefficient (Wildman–Crippen LogP) is 2.94. The molecular weight excluding hydrogens is 202 g/mol. The van der Waals surface area contributed by atoms with Gasteiger partial charge in [0.15, 0.2) is 0 Å². The second-order valence-electron chi connectivity index (χ2n) is 3.51. The van der Waals surface area contributed by atoms with Gasteiger partial charge in [-0.3, -0.25) is 0 Å². The number of halogens is 1. The fraction of sp³-hybridized carbons (Fsp3) is 0.700. The zero-order chi connectivity index (χ0) is 10.3. The van der Waals surface area contributed by atoms with Crippen molar-refractivity contribution in [3.05, 3.63) is 12.2 Å². The van der Waals surface area contributed by atoms with Crippen LogP contribution in [0.3, 0.4) is 0 Å². The van der Waals surface area contributed by atoms with E-state index in [0.29, 0.717) is 12.4 Å². The Labute approximate surface area is 91.5 Å². The first kappa shape index (κ1) is 15.8. The van der Waals surface area contributed by atoms with Crippen molar-refractivity contribution in [3.63, 3.8) is 0 Å². The van der Waals surface area contributed by atoms with E-state index in [0.717, 1.165) is 0 Å². The van der Waals surface area contributed by atoms with Crippen LogP contribution in [0.2, 0.25) is 0 Å². The number of ether oxygens (including phenoxy) is 1. The molecule has 0 aromatic rings. The van der Waals surface area contributed by atoms with E-state index in [1.165, 1.54) is 0 Å². The predicted molar refractivity (Wildman–Crippen MR) is 60.8 cm³/mol. The normalized spacial score (nSPS) is 10.9. The summed E-state index contributed by atoms with van der Waals surface area (Å²) in [5, 5.41) is 2.57. The Morgan fingerprint density at radius 2 is 2.00 bits per heavy atom. The minimum absolute atomic E-state index is 0. The van der Waals surface area contributed by atoms with E-state index in [1.807, 2.05) is 20.8 Å². The third kappa shape index (κ3) is 11.3. The molecule has 0 aliphatic rings. The Hall–Kier alpha value is -0.700. The third-order valence-electron chi connectivity index (χ3n) is 1.02. The first-order valence-corrected chi connectivity index (χ1v) is 4.67. The van der Waals surface area contributed by atoms with Gasteiger partial charge in [-0.25, -0.2) is 4.79 Å². The molecule has 4 heteroatoms. The molecule has 0 bridgehead atoms. The molecule has 0 fully saturated rings. The van der Waals surface area contributed by atoms with Crippen molar-refractivity contribution in [1.82, 2.24) is 5.32 Å². The van der Waals surface area contributed by atoms with Crippen molar-refractivity contribution in [2.24, 2.45) is 0 Å². The number of rotatable bonds is 3. The smallest absolute Gasteiger partial charge is 0.407 e. The van der Waals surface area contributed by atoms with Gasteiger partial charge in [-0.1, -0.05) is 19.6 Å². The van der Waals surface area contributed by atoms with Gasteiger partial charge in [0.1, 0.15) is 5.60 Å². The zero-order valence-corrected chi connectivity index (χ0v) is 9.02. The highest BCUT2D eigenvalue weighted by Crippen LogP contribution is 2.05. The Bertz CT molecular complexity index is 185. The lowest BCUT2D eigenvalue weighted by Crippen LogP contribution is -2.32. The van der Waals surface area contributed by atoms with E-state index in [9.17, 15) is 4.79 Å². The van der Waals surface area contributed by atoms with E-state index in [2.05, 4.69) is 5.32 Å². The Kier molecular flexibility index (Phi) is 8.65. The average molecular weight is 222 g/mol. The lowest BCUT2D eigenvalue weighted by molar-refractivity contribution is 0.0534. The number of carbonyl (C=O) groups excluding carboxylic acids is 1. The van der Waals surface area contributed by atoms with Crippen LogP contribution in [0.25, 0.3) is 0 Å². The van der Waals surface area contributed by atoms with Gasteiger partial charge in [-0.2, -0.15) is 0 Å². The standard InChI is InChI=1S/C9H16ClNO2.CH4/c1-9(2,3)13-8(12)11-7-5-4-6-10;/h4-5H,6-7H2,1-3H3,(H,11,12);1H4/b5-4-;. The number of amides is 1. The van der Waals surface area contributed by atoms with E-state index in [4.69, 9.17) is 16.3 Å². The van der Waals surface area contributed by atoms with Crippen molar-refractivity contribution in [2.45, 2.75) is 33.8 Å². The van der Waals surface area contributed by atoms with Crippen LogP contribution in [0.4, 0.5) is 4.79 Å². The number of alkyl carbamates (subject to hydrolysis) is 1. The summed E-state index contributed by atoms with van der Waals surface area (Å²) in [4.78, 5) is 11.0. The maximum atomic E-state index is 11.0. The molecule has 0 aliphatic heterocycles. The molecule has 14 heavy (non-hydrogen) atoms. The van der Waals surface area contributed by atoms with Crippen LogP contribution in [0.5, 0.6) is 0 Å². The lowest BCUT2D eigenvalue weighted by Gasteiger charge is -2.19. The first-order chi connectivity index (χ1) is 5.95. The molecule has 1 N–H and O–H groups in total. The topological polar surface area (TPSA) is 38.3 Å². The quantitative estimate of drug-likeness (QED) is 0.588. The van der Waals surface area contributed by atoms with Gasteiger partial charge in [0.05, 0.1) is 0 Å². The molecule has 0 saturated heterocycles. The van der Waals surface area contributed by atoms with Crippen LogP contribution >= 0.6 is 11.6 Å². The van der Waals surface area contributed by atoms with Crippen LogP contribution < -0.4 is 5.32 Å². The molecule has 1 amide bonds. The van der Waals surface area contributed by atoms with E-state index >= 15 is 0 Å². The number of nitrogens with one attached hydrogen (secondary N) is 1. The summed E-state index contributed by atoms with van der Waals surface area (Å²) in [5.41, 5.74) is -0.444. The van der Waals surface area contributed by atoms with Gasteiger partial charge in [-0.05, 0) is 20.8 Å². The van der Waals surface area contributed by atoms with Crippen molar-refractivity contribution in [3.8, 4) is 0 Å². The average Bonchev–Trinajstić information content (AvgIpc) is 1.94. The zero-order valence-electron chi connectivity index (χ0n) is 8.26. The van der Waals surface area contributed by atoms with Crippen LogP contribution in [0.1, 0.15) is 28.2 Å². The first-order valence-electron chi connectivity index (χ1n) is 4.13. The molecule has 0 heterocycles. The summed E-state index contributed by atoms with van der Waals surface area (Å²) in [7, 11) is 0. The molecule has 0 aromatic carbocycles.